The fourth-order valence-electron chi connectivity index (χ4n) is 3.36. The molecule has 0 radical (unpaired) electrons. The summed E-state index contributed by atoms with van der Waals surface area (Å²) in [7, 11) is 0. The third-order valence-electron chi connectivity index (χ3n) is 5.26. The molecule has 0 bridgehead atoms. The van der Waals surface area contributed by atoms with Crippen molar-refractivity contribution < 1.29 is 39.9 Å². The molecule has 0 aliphatic heterocycles. The number of benzene rings is 2. The molecule has 11 heteroatoms. The molecule has 0 heterocycles. The third-order valence-corrected chi connectivity index (χ3v) is 5.26. The summed E-state index contributed by atoms with van der Waals surface area (Å²) < 4.78 is 0. The molecule has 0 saturated heterocycles. The maximum atomic E-state index is 13.2. The van der Waals surface area contributed by atoms with Gasteiger partial charge in [-0.25, -0.2) is 0 Å². The molecular weight excluding hydrogens is 434 g/mol. The summed E-state index contributed by atoms with van der Waals surface area (Å²) in [6.07, 6.45) is -5.39. The Morgan fingerprint density at radius 1 is 0.939 bits per heavy atom. The highest BCUT2D eigenvalue weighted by Gasteiger charge is 2.63. The minimum absolute atomic E-state index is 0.253. The number of hydrogen-bond donors (Lipinski definition) is 5. The highest BCUT2D eigenvalue weighted by Crippen LogP contribution is 2.33. The lowest BCUT2D eigenvalue weighted by Gasteiger charge is -2.42. The van der Waals surface area contributed by atoms with Gasteiger partial charge < -0.3 is 25.5 Å². The smallest absolute Gasteiger partial charge is 0.215 e. The van der Waals surface area contributed by atoms with Crippen molar-refractivity contribution in [3.8, 4) is 0 Å². The first-order chi connectivity index (χ1) is 15.6. The molecule has 0 saturated carbocycles. The second-order valence-electron chi connectivity index (χ2n) is 7.33. The van der Waals surface area contributed by atoms with Crippen molar-refractivity contribution in [2.45, 2.75) is 36.4 Å². The van der Waals surface area contributed by atoms with Gasteiger partial charge in [0, 0.05) is 16.0 Å². The lowest BCUT2D eigenvalue weighted by molar-refractivity contribution is -0.184. The van der Waals surface area contributed by atoms with Crippen LogP contribution in [0, 0.1) is 0 Å². The number of ketones is 3. The van der Waals surface area contributed by atoms with Gasteiger partial charge in [0.15, 0.2) is 17.2 Å². The van der Waals surface area contributed by atoms with Gasteiger partial charge >= 0.3 is 0 Å². The number of carbonyl (C=O) groups is 3. The van der Waals surface area contributed by atoms with E-state index in [9.17, 15) is 39.9 Å². The van der Waals surface area contributed by atoms with Gasteiger partial charge in [0.25, 0.3) is 0 Å². The monoisotopic (exact) mass is 457 g/mol. The number of carbonyl (C=O) groups excluding carboxylic acids is 3. The molecule has 5 atom stereocenters. The van der Waals surface area contributed by atoms with Crippen molar-refractivity contribution in [1.29, 1.82) is 0 Å². The van der Waals surface area contributed by atoms with Crippen LogP contribution in [0.25, 0.3) is 10.4 Å². The Morgan fingerprint density at radius 2 is 1.39 bits per heavy atom. The summed E-state index contributed by atoms with van der Waals surface area (Å²) in [5.41, 5.74) is 1.17. The molecule has 0 amide bonds. The maximum Gasteiger partial charge on any atom is 0.215 e. The van der Waals surface area contributed by atoms with Crippen LogP contribution >= 0.6 is 0 Å². The lowest BCUT2D eigenvalue weighted by Crippen LogP contribution is -2.72. The Morgan fingerprint density at radius 3 is 1.82 bits per heavy atom. The van der Waals surface area contributed by atoms with E-state index in [0.29, 0.717) is 0 Å². The molecule has 174 valence electrons. The Hall–Kier alpha value is -3.44. The maximum absolute atomic E-state index is 13.2. The van der Waals surface area contributed by atoms with E-state index in [4.69, 9.17) is 5.53 Å². The molecule has 0 aromatic heterocycles. The Bertz CT molecular complexity index is 1060. The van der Waals surface area contributed by atoms with E-state index in [1.807, 2.05) is 0 Å². The second kappa shape index (κ2) is 10.5. The van der Waals surface area contributed by atoms with Gasteiger partial charge in [-0.2, -0.15) is 0 Å². The zero-order valence-corrected chi connectivity index (χ0v) is 17.5. The van der Waals surface area contributed by atoms with E-state index < -0.39 is 53.4 Å². The van der Waals surface area contributed by atoms with E-state index >= 15 is 0 Å². The topological polar surface area (TPSA) is 201 Å². The molecule has 5 N–H and O–H groups in total. The predicted octanol–water partition coefficient (Wildman–Crippen LogP) is 0.196. The first-order valence-corrected chi connectivity index (χ1v) is 9.76. The van der Waals surface area contributed by atoms with Crippen molar-refractivity contribution in [3.05, 3.63) is 82.2 Å². The zero-order chi connectivity index (χ0) is 24.8. The number of aliphatic hydroxyl groups is 5. The quantitative estimate of drug-likeness (QED) is 0.103. The number of hydrogen-bond acceptors (Lipinski definition) is 9. The zero-order valence-electron chi connectivity index (χ0n) is 17.5. The van der Waals surface area contributed by atoms with Crippen molar-refractivity contribution in [3.63, 3.8) is 0 Å². The van der Waals surface area contributed by atoms with Crippen molar-refractivity contribution in [1.82, 2.24) is 0 Å². The highest BCUT2D eigenvalue weighted by molar-refractivity contribution is 6.20. The summed E-state index contributed by atoms with van der Waals surface area (Å²) in [4.78, 5) is 41.9. The van der Waals surface area contributed by atoms with E-state index in [0.717, 1.165) is 6.92 Å². The molecule has 11 nitrogen and oxygen atoms in total. The summed E-state index contributed by atoms with van der Waals surface area (Å²) in [6, 6.07) is 11.8. The molecular formula is C22H23N3O8. The minimum atomic E-state index is -3.55. The Labute approximate surface area is 188 Å². The fourth-order valence-corrected chi connectivity index (χ4v) is 3.36. The normalized spacial score (nSPS) is 17.4. The average Bonchev–Trinajstić information content (AvgIpc) is 2.86. The Kier molecular flexibility index (Phi) is 8.18. The molecule has 0 aliphatic carbocycles. The molecule has 1 unspecified atom stereocenters. The summed E-state index contributed by atoms with van der Waals surface area (Å²) in [5.74, 6) is -4.34. The molecule has 2 aromatic rings. The Balaban J connectivity index is 2.75. The van der Waals surface area contributed by atoms with Crippen LogP contribution in [-0.4, -0.2) is 78.9 Å². The number of rotatable bonds is 11. The molecule has 2 aromatic carbocycles. The van der Waals surface area contributed by atoms with Gasteiger partial charge in [0.1, 0.15) is 12.2 Å². The molecule has 0 fully saturated rings. The number of azide groups is 1. The van der Waals surface area contributed by atoms with E-state index in [1.54, 1.807) is 0 Å². The third kappa shape index (κ3) is 4.69. The van der Waals surface area contributed by atoms with Gasteiger partial charge in [-0.05, 0) is 12.5 Å². The van der Waals surface area contributed by atoms with E-state index in [1.165, 1.54) is 60.7 Å². The second-order valence-corrected chi connectivity index (χ2v) is 7.33. The van der Waals surface area contributed by atoms with Gasteiger partial charge in [0.05, 0.1) is 12.6 Å². The van der Waals surface area contributed by atoms with Crippen LogP contribution in [-0.2, 0) is 4.79 Å². The number of Topliss-reactive ketones (excluding diaryl/α,β-unsaturated/α-hetero) is 3. The average molecular weight is 457 g/mol. The highest BCUT2D eigenvalue weighted by atomic mass is 16.4. The van der Waals surface area contributed by atoms with Crippen LogP contribution in [0.3, 0.4) is 0 Å². The molecule has 0 aliphatic rings. The van der Waals surface area contributed by atoms with Crippen molar-refractivity contribution in [2.24, 2.45) is 5.11 Å². The first-order valence-electron chi connectivity index (χ1n) is 9.76. The van der Waals surface area contributed by atoms with Crippen LogP contribution in [0.2, 0.25) is 0 Å². The van der Waals surface area contributed by atoms with Crippen molar-refractivity contribution in [2.75, 3.05) is 6.61 Å². The van der Waals surface area contributed by atoms with Gasteiger partial charge in [-0.1, -0.05) is 65.8 Å². The predicted molar refractivity (Wildman–Crippen MR) is 114 cm³/mol. The summed E-state index contributed by atoms with van der Waals surface area (Å²) in [6.45, 7) is -0.250. The van der Waals surface area contributed by atoms with Gasteiger partial charge in [0.2, 0.25) is 11.4 Å². The largest absolute Gasteiger partial charge is 0.394 e. The minimum Gasteiger partial charge on any atom is -0.394 e. The van der Waals surface area contributed by atoms with Crippen LogP contribution in [0.15, 0.2) is 65.8 Å². The molecule has 33 heavy (non-hydrogen) atoms. The number of aliphatic hydroxyl groups excluding tert-OH is 3. The number of nitrogens with zero attached hydrogens (tertiary/aromatic N) is 3. The van der Waals surface area contributed by atoms with Crippen LogP contribution in [0.4, 0.5) is 0 Å². The fraction of sp³-hybridized carbons (Fsp3) is 0.318. The van der Waals surface area contributed by atoms with Crippen LogP contribution in [0.5, 0.6) is 0 Å². The lowest BCUT2D eigenvalue weighted by atomic mass is 9.70. The van der Waals surface area contributed by atoms with E-state index in [-0.39, 0.29) is 11.1 Å². The van der Waals surface area contributed by atoms with Crippen molar-refractivity contribution >= 4 is 17.3 Å². The first kappa shape index (κ1) is 25.8. The standard InChI is InChI=1S/C22H23N3O8/c1-13(24-25-23)17(28)22(33,19(30)15-10-6-3-7-11-15)20(31)21(32,16(27)12-26)18(29)14-8-4-2-5-9-14/h2-11,13,16,20,26-27,31-33H,12H2,1H3/t13?,16-,20+,21+,22+/m1/s1. The summed E-state index contributed by atoms with van der Waals surface area (Å²) >= 11 is 0. The summed E-state index contributed by atoms with van der Waals surface area (Å²) in [5, 5.41) is 56.5. The molecule has 0 spiro atoms. The SMILES string of the molecule is CC(N=[N+]=[N-])C(=O)[C@](O)(C(=O)c1ccccc1)[C@@H](O)[C@@](O)(C(=O)c1ccccc1)[C@H](O)CO. The van der Waals surface area contributed by atoms with Gasteiger partial charge in [-0.15, -0.1) is 0 Å². The van der Waals surface area contributed by atoms with E-state index in [2.05, 4.69) is 10.0 Å². The molecule has 2 rings (SSSR count). The van der Waals surface area contributed by atoms with Crippen LogP contribution in [0.1, 0.15) is 27.6 Å². The van der Waals surface area contributed by atoms with Gasteiger partial charge in [-0.3, -0.25) is 14.4 Å². The van der Waals surface area contributed by atoms with Crippen LogP contribution < -0.4 is 0 Å².